The molecule has 3 aromatic carbocycles. The van der Waals surface area contributed by atoms with Gasteiger partial charge in [-0.3, -0.25) is 9.59 Å². The van der Waals surface area contributed by atoms with E-state index in [1.807, 2.05) is 6.07 Å². The first-order valence-corrected chi connectivity index (χ1v) is 11.3. The van der Waals surface area contributed by atoms with E-state index < -0.39 is 23.9 Å². The van der Waals surface area contributed by atoms with E-state index in [2.05, 4.69) is 5.32 Å². The number of cyclic esters (lactones) is 1. The summed E-state index contributed by atoms with van der Waals surface area (Å²) in [6.07, 6.45) is 0. The molecule has 11 heteroatoms. The molecule has 0 unspecified atom stereocenters. The summed E-state index contributed by atoms with van der Waals surface area (Å²) in [5.74, 6) is 0.271. The summed E-state index contributed by atoms with van der Waals surface area (Å²) < 4.78 is 32.3. The van der Waals surface area contributed by atoms with Crippen molar-refractivity contribution in [2.45, 2.75) is 19.6 Å². The number of nitrogens with two attached hydrogens (primary N) is 1. The topological polar surface area (TPSA) is 145 Å². The fraction of sp³-hybridized carbons (Fsp3) is 0.269. The maximum Gasteiger partial charge on any atom is 0.339 e. The summed E-state index contributed by atoms with van der Waals surface area (Å²) >= 11 is 0. The molecule has 5 rings (SSSR count). The Balaban J connectivity index is 1.74. The van der Waals surface area contributed by atoms with Gasteiger partial charge in [-0.1, -0.05) is 6.07 Å². The smallest absolute Gasteiger partial charge is 0.339 e. The molecule has 2 aliphatic rings. The highest BCUT2D eigenvalue weighted by molar-refractivity contribution is 6.18. The van der Waals surface area contributed by atoms with Crippen molar-refractivity contribution in [1.29, 1.82) is 0 Å². The van der Waals surface area contributed by atoms with Gasteiger partial charge in [0.1, 0.15) is 19.3 Å². The number of anilines is 1. The van der Waals surface area contributed by atoms with E-state index in [9.17, 15) is 14.4 Å². The number of nitrogens with one attached hydrogen (secondary N) is 1. The highest BCUT2D eigenvalue weighted by Gasteiger charge is 2.33. The average Bonchev–Trinajstić information content (AvgIpc) is 3.52. The Kier molecular flexibility index (Phi) is 6.22. The largest absolute Gasteiger partial charge is 0.493 e. The lowest BCUT2D eigenvalue weighted by atomic mass is 9.88. The third kappa shape index (κ3) is 4.23. The minimum absolute atomic E-state index is 0.0647. The average molecular weight is 508 g/mol. The molecular formula is C26H24N2O9. The highest BCUT2D eigenvalue weighted by Crippen LogP contribution is 2.48. The van der Waals surface area contributed by atoms with Crippen LogP contribution in [0.1, 0.15) is 22.8 Å². The molecule has 0 bridgehead atoms. The number of carbonyl (C=O) groups excluding carboxylic acids is 3. The molecule has 192 valence electrons. The van der Waals surface area contributed by atoms with Crippen LogP contribution in [-0.2, 0) is 25.7 Å². The number of methoxy groups -OCH3 is 2. The second-order valence-electron chi connectivity index (χ2n) is 8.40. The molecule has 1 atom stereocenters. The molecule has 0 saturated carbocycles. The maximum absolute atomic E-state index is 13.0. The van der Waals surface area contributed by atoms with Crippen LogP contribution in [0.15, 0.2) is 30.3 Å². The predicted molar refractivity (Wildman–Crippen MR) is 131 cm³/mol. The standard InChI is InChI=1S/C26H24N2O9/c1-12(29)34-10-17(27)25(30)28-24-15-8-20(33-3)19(32-2)7-14(15)22(23-16(24)9-35-26(23)31)13-4-5-18-21(6-13)37-11-36-18/h4-8,17H,9-11,27H2,1-3H3,(H,28,30)/t17-/m0/s1. The summed E-state index contributed by atoms with van der Waals surface area (Å²) in [5, 5.41) is 3.97. The lowest BCUT2D eigenvalue weighted by Crippen LogP contribution is -2.40. The Hall–Kier alpha value is -4.51. The molecular weight excluding hydrogens is 484 g/mol. The minimum Gasteiger partial charge on any atom is -0.493 e. The zero-order valence-electron chi connectivity index (χ0n) is 20.3. The number of ether oxygens (including phenoxy) is 6. The van der Waals surface area contributed by atoms with Crippen LogP contribution in [0.3, 0.4) is 0 Å². The van der Waals surface area contributed by atoms with E-state index in [4.69, 9.17) is 34.2 Å². The highest BCUT2D eigenvalue weighted by atomic mass is 16.7. The molecule has 2 aliphatic heterocycles. The Labute approximate surface area is 211 Å². The van der Waals surface area contributed by atoms with Crippen molar-refractivity contribution in [2.24, 2.45) is 5.73 Å². The molecule has 11 nitrogen and oxygen atoms in total. The third-order valence-electron chi connectivity index (χ3n) is 6.18. The molecule has 0 aromatic heterocycles. The monoisotopic (exact) mass is 508 g/mol. The molecule has 0 spiro atoms. The van der Waals surface area contributed by atoms with Crippen molar-refractivity contribution in [2.75, 3.05) is 32.9 Å². The van der Waals surface area contributed by atoms with E-state index in [1.165, 1.54) is 21.1 Å². The Morgan fingerprint density at radius 3 is 2.41 bits per heavy atom. The third-order valence-corrected chi connectivity index (χ3v) is 6.18. The number of amides is 1. The van der Waals surface area contributed by atoms with Gasteiger partial charge in [0.25, 0.3) is 0 Å². The Bertz CT molecular complexity index is 1450. The quantitative estimate of drug-likeness (QED) is 0.457. The van der Waals surface area contributed by atoms with Gasteiger partial charge in [-0.25, -0.2) is 4.79 Å². The molecule has 1 amide bonds. The number of fused-ring (bicyclic) bond motifs is 3. The van der Waals surface area contributed by atoms with Crippen molar-refractivity contribution in [3.8, 4) is 34.1 Å². The Morgan fingerprint density at radius 1 is 1.00 bits per heavy atom. The normalized spacial score (nSPS) is 14.1. The van der Waals surface area contributed by atoms with Crippen molar-refractivity contribution in [3.63, 3.8) is 0 Å². The van der Waals surface area contributed by atoms with Crippen LogP contribution in [0.4, 0.5) is 5.69 Å². The summed E-state index contributed by atoms with van der Waals surface area (Å²) in [7, 11) is 3.00. The Morgan fingerprint density at radius 2 is 1.70 bits per heavy atom. The van der Waals surface area contributed by atoms with E-state index >= 15 is 0 Å². The van der Waals surface area contributed by atoms with Gasteiger partial charge in [-0.2, -0.15) is 0 Å². The van der Waals surface area contributed by atoms with Crippen molar-refractivity contribution in [1.82, 2.24) is 0 Å². The van der Waals surface area contributed by atoms with Crippen LogP contribution in [0.2, 0.25) is 0 Å². The molecule has 3 aromatic rings. The van der Waals surface area contributed by atoms with Crippen molar-refractivity contribution >= 4 is 34.3 Å². The molecule has 0 radical (unpaired) electrons. The van der Waals surface area contributed by atoms with Gasteiger partial charge in [-0.15, -0.1) is 0 Å². The molecule has 0 aliphatic carbocycles. The molecule has 37 heavy (non-hydrogen) atoms. The summed E-state index contributed by atoms with van der Waals surface area (Å²) in [4.78, 5) is 37.2. The van der Waals surface area contributed by atoms with Crippen molar-refractivity contribution in [3.05, 3.63) is 41.5 Å². The predicted octanol–water partition coefficient (Wildman–Crippen LogP) is 2.75. The second kappa shape index (κ2) is 9.51. The number of benzene rings is 3. The summed E-state index contributed by atoms with van der Waals surface area (Å²) in [6.45, 7) is 0.958. The van der Waals surface area contributed by atoms with Crippen LogP contribution in [0.5, 0.6) is 23.0 Å². The van der Waals surface area contributed by atoms with Crippen LogP contribution < -0.4 is 30.0 Å². The fourth-order valence-electron chi connectivity index (χ4n) is 4.44. The van der Waals surface area contributed by atoms with Gasteiger partial charge >= 0.3 is 11.9 Å². The molecule has 0 saturated heterocycles. The van der Waals surface area contributed by atoms with E-state index in [0.29, 0.717) is 61.7 Å². The zero-order chi connectivity index (χ0) is 26.3. The second-order valence-corrected chi connectivity index (χ2v) is 8.40. The van der Waals surface area contributed by atoms with Crippen LogP contribution >= 0.6 is 0 Å². The van der Waals surface area contributed by atoms with Gasteiger partial charge in [-0.05, 0) is 35.2 Å². The van der Waals surface area contributed by atoms with Crippen molar-refractivity contribution < 1.29 is 42.8 Å². The lowest BCUT2D eigenvalue weighted by molar-refractivity contribution is -0.142. The van der Waals surface area contributed by atoms with Crippen LogP contribution in [0.25, 0.3) is 21.9 Å². The van der Waals surface area contributed by atoms with E-state index in [0.717, 1.165) is 0 Å². The summed E-state index contributed by atoms with van der Waals surface area (Å²) in [6, 6.07) is 7.67. The van der Waals surface area contributed by atoms with Gasteiger partial charge < -0.3 is 39.5 Å². The van der Waals surface area contributed by atoms with E-state index in [-0.39, 0.29) is 20.0 Å². The van der Waals surface area contributed by atoms with Gasteiger partial charge in [0.2, 0.25) is 12.7 Å². The number of esters is 2. The first-order valence-electron chi connectivity index (χ1n) is 11.3. The van der Waals surface area contributed by atoms with Crippen LogP contribution in [0, 0.1) is 0 Å². The molecule has 3 N–H and O–H groups in total. The first kappa shape index (κ1) is 24.2. The number of hydrogen-bond acceptors (Lipinski definition) is 10. The number of rotatable bonds is 7. The lowest BCUT2D eigenvalue weighted by Gasteiger charge is -2.20. The number of carbonyl (C=O) groups is 3. The number of hydrogen-bond donors (Lipinski definition) is 2. The SMILES string of the molecule is COc1cc2c(NC(=O)[C@@H](N)COC(C)=O)c3c(c(-c4ccc5c(c4)OCO5)c2cc1OC)C(=O)OC3. The fourth-order valence-corrected chi connectivity index (χ4v) is 4.44. The first-order chi connectivity index (χ1) is 17.8. The minimum atomic E-state index is -1.14. The van der Waals surface area contributed by atoms with Crippen LogP contribution in [-0.4, -0.2) is 51.5 Å². The molecule has 0 fully saturated rings. The zero-order valence-corrected chi connectivity index (χ0v) is 20.3. The van der Waals surface area contributed by atoms with E-state index in [1.54, 1.807) is 24.3 Å². The maximum atomic E-state index is 13.0. The van der Waals surface area contributed by atoms with Gasteiger partial charge in [0, 0.05) is 23.4 Å². The van der Waals surface area contributed by atoms with Gasteiger partial charge in [0.15, 0.2) is 23.0 Å². The summed E-state index contributed by atoms with van der Waals surface area (Å²) in [5.41, 5.74) is 8.31. The van der Waals surface area contributed by atoms with Gasteiger partial charge in [0.05, 0.1) is 25.5 Å². The molecule has 2 heterocycles.